The molecule has 0 unspecified atom stereocenters. The van der Waals surface area contributed by atoms with Gasteiger partial charge in [0.1, 0.15) is 5.01 Å². The lowest BCUT2D eigenvalue weighted by Gasteiger charge is -2.06. The van der Waals surface area contributed by atoms with Gasteiger partial charge in [0.05, 0.1) is 31.4 Å². The Bertz CT molecular complexity index is 712. The molecule has 122 valence electrons. The zero-order valence-corrected chi connectivity index (χ0v) is 14.0. The predicted octanol–water partition coefficient (Wildman–Crippen LogP) is 2.57. The standard InChI is InChI=1S/C16H18N2O4S/c1-10-13(23-15(17-10)9-21-2)8-14(19)18-12-6-4-5-11(7-12)16(20)22-3/h4-7H,8-9H2,1-3H3,(H,18,19). The van der Waals surface area contributed by atoms with E-state index in [4.69, 9.17) is 4.74 Å². The van der Waals surface area contributed by atoms with Crippen LogP contribution >= 0.6 is 11.3 Å². The lowest BCUT2D eigenvalue weighted by Crippen LogP contribution is -2.14. The molecule has 0 aliphatic heterocycles. The summed E-state index contributed by atoms with van der Waals surface area (Å²) in [5, 5.41) is 3.63. The summed E-state index contributed by atoms with van der Waals surface area (Å²) in [6.07, 6.45) is 0.232. The molecule has 0 aliphatic rings. The molecule has 0 atom stereocenters. The number of nitrogens with one attached hydrogen (secondary N) is 1. The highest BCUT2D eigenvalue weighted by atomic mass is 32.1. The molecule has 1 heterocycles. The second-order valence-electron chi connectivity index (χ2n) is 4.85. The van der Waals surface area contributed by atoms with Crippen molar-refractivity contribution in [1.82, 2.24) is 4.98 Å². The maximum atomic E-state index is 12.2. The minimum absolute atomic E-state index is 0.164. The monoisotopic (exact) mass is 334 g/mol. The molecule has 0 bridgehead atoms. The van der Waals surface area contributed by atoms with Gasteiger partial charge in [-0.15, -0.1) is 11.3 Å². The molecule has 2 aromatic rings. The SMILES string of the molecule is COCc1nc(C)c(CC(=O)Nc2cccc(C(=O)OC)c2)s1. The Balaban J connectivity index is 2.03. The average molecular weight is 334 g/mol. The topological polar surface area (TPSA) is 77.5 Å². The number of aryl methyl sites for hydroxylation is 1. The molecule has 6 nitrogen and oxygen atoms in total. The van der Waals surface area contributed by atoms with Gasteiger partial charge in [-0.1, -0.05) is 6.07 Å². The molecule has 1 N–H and O–H groups in total. The van der Waals surface area contributed by atoms with Gasteiger partial charge >= 0.3 is 5.97 Å². The Kier molecular flexibility index (Phi) is 5.84. The van der Waals surface area contributed by atoms with Crippen LogP contribution < -0.4 is 5.32 Å². The number of methoxy groups -OCH3 is 2. The summed E-state index contributed by atoms with van der Waals surface area (Å²) in [6, 6.07) is 6.63. The first-order valence-electron chi connectivity index (χ1n) is 6.96. The molecule has 0 spiro atoms. The number of aromatic nitrogens is 1. The molecule has 1 aromatic carbocycles. The van der Waals surface area contributed by atoms with Gasteiger partial charge in [0.15, 0.2) is 0 Å². The normalized spacial score (nSPS) is 10.4. The molecule has 0 fully saturated rings. The van der Waals surface area contributed by atoms with E-state index in [1.54, 1.807) is 31.4 Å². The molecular weight excluding hydrogens is 316 g/mol. The van der Waals surface area contributed by atoms with Gasteiger partial charge < -0.3 is 14.8 Å². The van der Waals surface area contributed by atoms with Crippen LogP contribution in [0, 0.1) is 6.92 Å². The van der Waals surface area contributed by atoms with Crippen LogP contribution in [0.25, 0.3) is 0 Å². The van der Waals surface area contributed by atoms with Crippen molar-refractivity contribution in [2.45, 2.75) is 20.0 Å². The summed E-state index contributed by atoms with van der Waals surface area (Å²) in [5.41, 5.74) is 1.78. The Morgan fingerprint density at radius 1 is 1.30 bits per heavy atom. The van der Waals surface area contributed by atoms with Crippen LogP contribution in [0.2, 0.25) is 0 Å². The molecule has 0 saturated carbocycles. The number of esters is 1. The lowest BCUT2D eigenvalue weighted by molar-refractivity contribution is -0.115. The highest BCUT2D eigenvalue weighted by Gasteiger charge is 2.13. The maximum absolute atomic E-state index is 12.2. The number of anilines is 1. The summed E-state index contributed by atoms with van der Waals surface area (Å²) in [4.78, 5) is 28.9. The van der Waals surface area contributed by atoms with Gasteiger partial charge in [0.2, 0.25) is 5.91 Å². The third kappa shape index (κ3) is 4.61. The first-order chi connectivity index (χ1) is 11.0. The van der Waals surface area contributed by atoms with Crippen molar-refractivity contribution < 1.29 is 19.1 Å². The van der Waals surface area contributed by atoms with Crippen LogP contribution in [0.3, 0.4) is 0 Å². The number of benzene rings is 1. The quantitative estimate of drug-likeness (QED) is 0.822. The number of hydrogen-bond donors (Lipinski definition) is 1. The number of carbonyl (C=O) groups is 2. The fourth-order valence-electron chi connectivity index (χ4n) is 2.03. The Morgan fingerprint density at radius 2 is 2.09 bits per heavy atom. The molecule has 1 amide bonds. The minimum atomic E-state index is -0.441. The second kappa shape index (κ2) is 7.85. The van der Waals surface area contributed by atoms with E-state index < -0.39 is 5.97 Å². The van der Waals surface area contributed by atoms with E-state index in [-0.39, 0.29) is 12.3 Å². The van der Waals surface area contributed by atoms with Crippen molar-refractivity contribution in [3.8, 4) is 0 Å². The van der Waals surface area contributed by atoms with E-state index in [0.29, 0.717) is 17.9 Å². The second-order valence-corrected chi connectivity index (χ2v) is 6.01. The summed E-state index contributed by atoms with van der Waals surface area (Å²) in [7, 11) is 2.93. The number of hydrogen-bond acceptors (Lipinski definition) is 6. The average Bonchev–Trinajstić information content (AvgIpc) is 2.86. The van der Waals surface area contributed by atoms with E-state index in [1.165, 1.54) is 18.4 Å². The van der Waals surface area contributed by atoms with Crippen LogP contribution in [-0.2, 0) is 27.3 Å². The summed E-state index contributed by atoms with van der Waals surface area (Å²) >= 11 is 1.46. The van der Waals surface area contributed by atoms with Gasteiger partial charge in [-0.05, 0) is 25.1 Å². The highest BCUT2D eigenvalue weighted by molar-refractivity contribution is 7.11. The zero-order chi connectivity index (χ0) is 16.8. The van der Waals surface area contributed by atoms with E-state index in [0.717, 1.165) is 15.6 Å². The molecule has 0 radical (unpaired) electrons. The van der Waals surface area contributed by atoms with Gasteiger partial charge in [0.25, 0.3) is 0 Å². The highest BCUT2D eigenvalue weighted by Crippen LogP contribution is 2.20. The third-order valence-electron chi connectivity index (χ3n) is 3.09. The number of nitrogens with zero attached hydrogens (tertiary/aromatic N) is 1. The van der Waals surface area contributed by atoms with Gasteiger partial charge in [-0.2, -0.15) is 0 Å². The van der Waals surface area contributed by atoms with Crippen molar-refractivity contribution >= 4 is 28.9 Å². The molecular formula is C16H18N2O4S. The first kappa shape index (κ1) is 17.1. The molecule has 1 aromatic heterocycles. The fourth-order valence-corrected chi connectivity index (χ4v) is 3.07. The van der Waals surface area contributed by atoms with Gasteiger partial charge in [0, 0.05) is 17.7 Å². The van der Waals surface area contributed by atoms with E-state index >= 15 is 0 Å². The van der Waals surface area contributed by atoms with Crippen molar-refractivity contribution in [2.75, 3.05) is 19.5 Å². The molecule has 0 saturated heterocycles. The zero-order valence-electron chi connectivity index (χ0n) is 13.2. The van der Waals surface area contributed by atoms with Crippen LogP contribution in [0.15, 0.2) is 24.3 Å². The van der Waals surface area contributed by atoms with Crippen molar-refractivity contribution in [3.05, 3.63) is 45.4 Å². The minimum Gasteiger partial charge on any atom is -0.465 e. The van der Waals surface area contributed by atoms with Crippen molar-refractivity contribution in [3.63, 3.8) is 0 Å². The van der Waals surface area contributed by atoms with Gasteiger partial charge in [-0.25, -0.2) is 9.78 Å². The Hall–Kier alpha value is -2.25. The lowest BCUT2D eigenvalue weighted by atomic mass is 10.2. The van der Waals surface area contributed by atoms with Crippen molar-refractivity contribution in [1.29, 1.82) is 0 Å². The number of rotatable bonds is 6. The summed E-state index contributed by atoms with van der Waals surface area (Å²) in [5.74, 6) is -0.605. The predicted molar refractivity (Wildman–Crippen MR) is 87.7 cm³/mol. The van der Waals surface area contributed by atoms with E-state index in [1.807, 2.05) is 6.92 Å². The summed E-state index contributed by atoms with van der Waals surface area (Å²) in [6.45, 7) is 2.31. The maximum Gasteiger partial charge on any atom is 0.337 e. The number of ether oxygens (including phenoxy) is 2. The van der Waals surface area contributed by atoms with E-state index in [2.05, 4.69) is 15.0 Å². The number of thiazole rings is 1. The molecule has 7 heteroatoms. The van der Waals surface area contributed by atoms with Crippen LogP contribution in [0.1, 0.15) is 25.9 Å². The van der Waals surface area contributed by atoms with Crippen LogP contribution in [0.4, 0.5) is 5.69 Å². The van der Waals surface area contributed by atoms with Crippen LogP contribution in [0.5, 0.6) is 0 Å². The number of amides is 1. The third-order valence-corrected chi connectivity index (χ3v) is 4.22. The first-order valence-corrected chi connectivity index (χ1v) is 7.77. The fraction of sp³-hybridized carbons (Fsp3) is 0.312. The Morgan fingerprint density at radius 3 is 2.78 bits per heavy atom. The van der Waals surface area contributed by atoms with Gasteiger partial charge in [-0.3, -0.25) is 4.79 Å². The molecule has 2 rings (SSSR count). The Labute approximate surface area is 138 Å². The van der Waals surface area contributed by atoms with E-state index in [9.17, 15) is 9.59 Å². The summed E-state index contributed by atoms with van der Waals surface area (Å²) < 4.78 is 9.71. The molecule has 0 aliphatic carbocycles. The number of carbonyl (C=O) groups excluding carboxylic acids is 2. The van der Waals surface area contributed by atoms with Crippen molar-refractivity contribution in [2.24, 2.45) is 0 Å². The van der Waals surface area contributed by atoms with Crippen LogP contribution in [-0.4, -0.2) is 31.1 Å². The molecule has 23 heavy (non-hydrogen) atoms. The largest absolute Gasteiger partial charge is 0.465 e. The smallest absolute Gasteiger partial charge is 0.337 e.